The monoisotopic (exact) mass is 421 g/mol. The summed E-state index contributed by atoms with van der Waals surface area (Å²) in [7, 11) is 0. The number of nitrogens with zero attached hydrogens (tertiary/aromatic N) is 5. The van der Waals surface area contributed by atoms with Crippen LogP contribution in [0.5, 0.6) is 0 Å². The zero-order valence-electron chi connectivity index (χ0n) is 18.2. The van der Waals surface area contributed by atoms with E-state index in [2.05, 4.69) is 44.0 Å². The van der Waals surface area contributed by atoms with Gasteiger partial charge in [0.2, 0.25) is 11.8 Å². The fraction of sp³-hybridized carbons (Fsp3) is 0.500. The molecule has 2 aromatic rings. The Bertz CT molecular complexity index is 868. The lowest BCUT2D eigenvalue weighted by Crippen LogP contribution is -2.45. The minimum absolute atomic E-state index is 0.0102. The second-order valence-electron chi connectivity index (χ2n) is 8.61. The van der Waals surface area contributed by atoms with Gasteiger partial charge < -0.3 is 14.7 Å². The first-order chi connectivity index (χ1) is 15.1. The van der Waals surface area contributed by atoms with E-state index >= 15 is 0 Å². The zero-order valence-corrected chi connectivity index (χ0v) is 18.2. The van der Waals surface area contributed by atoms with Crippen molar-refractivity contribution in [1.82, 2.24) is 19.8 Å². The number of carbonyl (C=O) groups is 2. The molecule has 2 fully saturated rings. The molecule has 164 valence electrons. The van der Waals surface area contributed by atoms with Gasteiger partial charge in [0.15, 0.2) is 0 Å². The third kappa shape index (κ3) is 5.40. The molecule has 0 bridgehead atoms. The molecule has 0 aliphatic carbocycles. The Labute approximate surface area is 184 Å². The van der Waals surface area contributed by atoms with Crippen molar-refractivity contribution in [2.75, 3.05) is 44.2 Å². The first kappa shape index (κ1) is 21.3. The minimum Gasteiger partial charge on any atom is -0.369 e. The number of benzene rings is 1. The number of piperidine rings is 1. The van der Waals surface area contributed by atoms with E-state index in [0.717, 1.165) is 51.1 Å². The molecule has 1 unspecified atom stereocenters. The average Bonchev–Trinajstić information content (AvgIpc) is 3.02. The molecule has 2 amide bonds. The molecule has 3 heterocycles. The summed E-state index contributed by atoms with van der Waals surface area (Å²) in [6.07, 6.45) is 7.55. The zero-order chi connectivity index (χ0) is 21.6. The van der Waals surface area contributed by atoms with E-state index in [4.69, 9.17) is 0 Å². The number of likely N-dealkylation sites (tertiary alicyclic amines) is 1. The molecule has 31 heavy (non-hydrogen) atoms. The normalized spacial score (nSPS) is 20.4. The summed E-state index contributed by atoms with van der Waals surface area (Å²) in [5.74, 6) is 0.627. The highest BCUT2D eigenvalue weighted by Crippen LogP contribution is 2.24. The largest absolute Gasteiger partial charge is 0.369 e. The molecular weight excluding hydrogens is 390 g/mol. The Kier molecular flexibility index (Phi) is 6.79. The van der Waals surface area contributed by atoms with Gasteiger partial charge in [-0.2, -0.15) is 0 Å². The van der Waals surface area contributed by atoms with Crippen LogP contribution in [-0.2, 0) is 16.0 Å². The Morgan fingerprint density at radius 1 is 0.968 bits per heavy atom. The summed E-state index contributed by atoms with van der Waals surface area (Å²) in [6, 6.07) is 10.4. The Balaban J connectivity index is 1.47. The van der Waals surface area contributed by atoms with Gasteiger partial charge in [0.1, 0.15) is 0 Å². The fourth-order valence-electron chi connectivity index (χ4n) is 4.74. The Hall–Kier alpha value is -2.96. The van der Waals surface area contributed by atoms with Gasteiger partial charge in [0.05, 0.1) is 5.69 Å². The maximum atomic E-state index is 13.4. The van der Waals surface area contributed by atoms with Crippen molar-refractivity contribution >= 4 is 17.5 Å². The Morgan fingerprint density at radius 3 is 2.42 bits per heavy atom. The summed E-state index contributed by atoms with van der Waals surface area (Å²) in [6.45, 7) is 6.11. The number of para-hydroxylation sites is 1. The van der Waals surface area contributed by atoms with Gasteiger partial charge in [-0.05, 0) is 37.3 Å². The highest BCUT2D eigenvalue weighted by atomic mass is 16.2. The molecule has 2 aliphatic heterocycles. The number of hydrogen-bond acceptors (Lipinski definition) is 5. The smallest absolute Gasteiger partial charge is 0.225 e. The highest BCUT2D eigenvalue weighted by Gasteiger charge is 2.32. The van der Waals surface area contributed by atoms with Gasteiger partial charge in [-0.3, -0.25) is 19.6 Å². The van der Waals surface area contributed by atoms with E-state index in [1.54, 1.807) is 19.3 Å². The lowest BCUT2D eigenvalue weighted by molar-refractivity contribution is -0.140. The van der Waals surface area contributed by atoms with Crippen LogP contribution in [0.3, 0.4) is 0 Å². The third-order valence-corrected chi connectivity index (χ3v) is 6.43. The van der Waals surface area contributed by atoms with Crippen molar-refractivity contribution in [3.63, 3.8) is 0 Å². The first-order valence-electron chi connectivity index (χ1n) is 11.2. The summed E-state index contributed by atoms with van der Waals surface area (Å²) in [5.41, 5.74) is 2.15. The van der Waals surface area contributed by atoms with Crippen molar-refractivity contribution in [3.05, 3.63) is 54.6 Å². The molecule has 2 saturated heterocycles. The number of rotatable bonds is 4. The van der Waals surface area contributed by atoms with Crippen molar-refractivity contribution in [2.24, 2.45) is 11.8 Å². The summed E-state index contributed by atoms with van der Waals surface area (Å²) >= 11 is 0. The van der Waals surface area contributed by atoms with E-state index < -0.39 is 0 Å². The molecule has 1 atom stereocenters. The summed E-state index contributed by atoms with van der Waals surface area (Å²) in [4.78, 5) is 40.0. The maximum absolute atomic E-state index is 13.4. The van der Waals surface area contributed by atoms with Gasteiger partial charge >= 0.3 is 0 Å². The predicted molar refractivity (Wildman–Crippen MR) is 119 cm³/mol. The van der Waals surface area contributed by atoms with Crippen LogP contribution in [0.2, 0.25) is 0 Å². The van der Waals surface area contributed by atoms with Crippen LogP contribution in [0, 0.1) is 11.8 Å². The Morgan fingerprint density at radius 2 is 1.74 bits per heavy atom. The van der Waals surface area contributed by atoms with E-state index in [-0.39, 0.29) is 23.7 Å². The molecule has 7 heteroatoms. The van der Waals surface area contributed by atoms with Crippen LogP contribution in [0.1, 0.15) is 25.5 Å². The number of hydrogen-bond donors (Lipinski definition) is 0. The predicted octanol–water partition coefficient (Wildman–Crippen LogP) is 2.24. The fourth-order valence-corrected chi connectivity index (χ4v) is 4.74. The molecule has 0 spiro atoms. The van der Waals surface area contributed by atoms with E-state index in [0.29, 0.717) is 13.1 Å². The van der Waals surface area contributed by atoms with Gasteiger partial charge in [0.25, 0.3) is 0 Å². The van der Waals surface area contributed by atoms with Gasteiger partial charge in [-0.1, -0.05) is 18.2 Å². The van der Waals surface area contributed by atoms with Crippen LogP contribution in [-0.4, -0.2) is 70.9 Å². The quantitative estimate of drug-likeness (QED) is 0.757. The maximum Gasteiger partial charge on any atom is 0.225 e. The van der Waals surface area contributed by atoms with Crippen LogP contribution in [0.15, 0.2) is 48.9 Å². The molecule has 1 aromatic carbocycles. The highest BCUT2D eigenvalue weighted by molar-refractivity contribution is 5.80. The molecular formula is C24H31N5O2. The molecule has 4 rings (SSSR count). The number of anilines is 1. The van der Waals surface area contributed by atoms with Crippen LogP contribution in [0.25, 0.3) is 0 Å². The van der Waals surface area contributed by atoms with Crippen LogP contribution in [0.4, 0.5) is 5.69 Å². The van der Waals surface area contributed by atoms with Crippen molar-refractivity contribution in [2.45, 2.75) is 26.2 Å². The molecule has 1 aromatic heterocycles. The van der Waals surface area contributed by atoms with Gasteiger partial charge in [-0.15, -0.1) is 0 Å². The first-order valence-corrected chi connectivity index (χ1v) is 11.2. The van der Waals surface area contributed by atoms with E-state index in [9.17, 15) is 9.59 Å². The SMILES string of the molecule is CC(=O)N1CCC(C(=O)N2CCN(c3ccccc3)CC(Cc3cnccn3)C2)CC1. The number of carbonyl (C=O) groups excluding carboxylic acids is 2. The molecule has 7 nitrogen and oxygen atoms in total. The molecule has 0 N–H and O–H groups in total. The van der Waals surface area contributed by atoms with Crippen molar-refractivity contribution < 1.29 is 9.59 Å². The van der Waals surface area contributed by atoms with Crippen LogP contribution < -0.4 is 4.90 Å². The van der Waals surface area contributed by atoms with E-state index in [1.807, 2.05) is 17.2 Å². The topological polar surface area (TPSA) is 69.6 Å². The average molecular weight is 422 g/mol. The van der Waals surface area contributed by atoms with E-state index in [1.165, 1.54) is 5.69 Å². The van der Waals surface area contributed by atoms with Crippen molar-refractivity contribution in [3.8, 4) is 0 Å². The standard InChI is InChI=1S/C24H31N5O2/c1-19(30)27-11-7-21(8-12-27)24(31)29-14-13-28(23-5-3-2-4-6-23)17-20(18-29)15-22-16-25-9-10-26-22/h2-6,9-10,16,20-21H,7-8,11-15,17-18H2,1H3. The van der Waals surface area contributed by atoms with Crippen molar-refractivity contribution in [1.29, 1.82) is 0 Å². The lowest BCUT2D eigenvalue weighted by atomic mass is 9.94. The third-order valence-electron chi connectivity index (χ3n) is 6.43. The molecule has 0 saturated carbocycles. The summed E-state index contributed by atoms with van der Waals surface area (Å²) in [5, 5.41) is 0. The second kappa shape index (κ2) is 9.90. The molecule has 2 aliphatic rings. The lowest BCUT2D eigenvalue weighted by Gasteiger charge is -2.34. The van der Waals surface area contributed by atoms with Gasteiger partial charge in [-0.25, -0.2) is 0 Å². The van der Waals surface area contributed by atoms with Crippen LogP contribution >= 0.6 is 0 Å². The summed E-state index contributed by atoms with van der Waals surface area (Å²) < 4.78 is 0. The van der Waals surface area contributed by atoms with Gasteiger partial charge in [0, 0.05) is 76.4 Å². The number of amides is 2. The second-order valence-corrected chi connectivity index (χ2v) is 8.61. The number of aromatic nitrogens is 2. The molecule has 0 radical (unpaired) electrons. The minimum atomic E-state index is 0.0102.